The number of halogens is 5. The molecule has 1 amide bonds. The van der Waals surface area contributed by atoms with Crippen LogP contribution in [-0.4, -0.2) is 53.6 Å². The van der Waals surface area contributed by atoms with E-state index in [9.17, 15) is 26.7 Å². The first-order valence-electron chi connectivity index (χ1n) is 8.40. The second-order valence-electron chi connectivity index (χ2n) is 5.90. The Hall–Kier alpha value is -4.01. The number of nitrogens with zero attached hydrogens (tertiary/aromatic N) is 5. The predicted octanol–water partition coefficient (Wildman–Crippen LogP) is 1.74. The van der Waals surface area contributed by atoms with Gasteiger partial charge in [0.05, 0.1) is 13.0 Å². The van der Waals surface area contributed by atoms with E-state index < -0.39 is 29.7 Å². The van der Waals surface area contributed by atoms with Crippen molar-refractivity contribution < 1.29 is 41.9 Å². The molecule has 0 unspecified atom stereocenters. The number of rotatable bonds is 5. The second kappa shape index (κ2) is 10.3. The first-order valence-corrected chi connectivity index (χ1v) is 8.40. The molecule has 0 saturated carbocycles. The fourth-order valence-electron chi connectivity index (χ4n) is 2.17. The maximum absolute atomic E-state index is 14.0. The summed E-state index contributed by atoms with van der Waals surface area (Å²) < 4.78 is 59.8. The molecule has 3 aromatic rings. The van der Waals surface area contributed by atoms with Crippen molar-refractivity contribution in [1.82, 2.24) is 30.7 Å². The first kappa shape index (κ1) is 24.3. The standard InChI is InChI=1S/C15H12F2N6O2.C2HF3O2/c16-12-5-9(15(24)21-25)6-13(17)11(12)8-23-20-14(19-22-23)7-10-3-1-2-4-18-10;3-2(4,5)1(6)7/h1-6,25H,7-8H2,(H,21,24);(H,6,7). The number of carbonyl (C=O) groups excluding carboxylic acids is 1. The zero-order chi connectivity index (χ0) is 23.9. The molecule has 0 fully saturated rings. The minimum absolute atomic E-state index is 0.298. The largest absolute Gasteiger partial charge is 0.490 e. The number of alkyl halides is 3. The van der Waals surface area contributed by atoms with Crippen LogP contribution in [-0.2, 0) is 17.8 Å². The van der Waals surface area contributed by atoms with Crippen molar-refractivity contribution in [1.29, 1.82) is 0 Å². The van der Waals surface area contributed by atoms with Gasteiger partial charge in [0.1, 0.15) is 11.6 Å². The van der Waals surface area contributed by atoms with Gasteiger partial charge in [-0.15, -0.1) is 10.2 Å². The van der Waals surface area contributed by atoms with E-state index in [0.717, 1.165) is 22.6 Å². The smallest absolute Gasteiger partial charge is 0.475 e. The summed E-state index contributed by atoms with van der Waals surface area (Å²) in [5.41, 5.74) is 1.38. The van der Waals surface area contributed by atoms with Crippen molar-refractivity contribution in [2.45, 2.75) is 19.1 Å². The van der Waals surface area contributed by atoms with Gasteiger partial charge in [-0.2, -0.15) is 18.0 Å². The number of carboxylic acids is 1. The number of amides is 1. The Labute approximate surface area is 175 Å². The van der Waals surface area contributed by atoms with Gasteiger partial charge in [0.15, 0.2) is 5.82 Å². The minimum atomic E-state index is -5.08. The van der Waals surface area contributed by atoms with E-state index in [1.165, 1.54) is 5.48 Å². The van der Waals surface area contributed by atoms with Crippen molar-refractivity contribution in [2.24, 2.45) is 0 Å². The highest BCUT2D eigenvalue weighted by atomic mass is 19.4. The van der Waals surface area contributed by atoms with E-state index in [0.29, 0.717) is 12.2 Å². The van der Waals surface area contributed by atoms with Crippen LogP contribution in [0, 0.1) is 11.6 Å². The minimum Gasteiger partial charge on any atom is -0.475 e. The van der Waals surface area contributed by atoms with Crippen LogP contribution in [0.15, 0.2) is 36.5 Å². The van der Waals surface area contributed by atoms with Crippen molar-refractivity contribution in [2.75, 3.05) is 0 Å². The molecule has 0 aliphatic rings. The monoisotopic (exact) mass is 460 g/mol. The molecular weight excluding hydrogens is 447 g/mol. The Morgan fingerprint density at radius 1 is 1.12 bits per heavy atom. The normalized spacial score (nSPS) is 10.8. The molecule has 1 aromatic carbocycles. The lowest BCUT2D eigenvalue weighted by Crippen LogP contribution is -2.21. The molecule has 2 aromatic heterocycles. The Balaban J connectivity index is 0.000000451. The predicted molar refractivity (Wildman–Crippen MR) is 93.3 cm³/mol. The lowest BCUT2D eigenvalue weighted by atomic mass is 10.1. The van der Waals surface area contributed by atoms with Crippen LogP contribution in [0.5, 0.6) is 0 Å². The first-order chi connectivity index (χ1) is 15.0. The number of hydrogen-bond acceptors (Lipinski definition) is 7. The molecule has 32 heavy (non-hydrogen) atoms. The van der Waals surface area contributed by atoms with Crippen molar-refractivity contribution in [3.63, 3.8) is 0 Å². The summed E-state index contributed by atoms with van der Waals surface area (Å²) in [4.78, 5) is 25.3. The number of aromatic nitrogens is 5. The number of carboxylic acid groups (broad SMARTS) is 1. The molecule has 0 atom stereocenters. The maximum atomic E-state index is 14.0. The maximum Gasteiger partial charge on any atom is 0.490 e. The van der Waals surface area contributed by atoms with Gasteiger partial charge in [0.2, 0.25) is 0 Å². The van der Waals surface area contributed by atoms with Gasteiger partial charge in [-0.05, 0) is 29.5 Å². The number of hydroxylamine groups is 1. The quantitative estimate of drug-likeness (QED) is 0.297. The molecule has 0 radical (unpaired) electrons. The summed E-state index contributed by atoms with van der Waals surface area (Å²) in [6, 6.07) is 7.03. The molecular formula is C17H13F5N6O4. The molecule has 3 rings (SSSR count). The van der Waals surface area contributed by atoms with Crippen LogP contribution in [0.25, 0.3) is 0 Å². The topological polar surface area (TPSA) is 143 Å². The SMILES string of the molecule is O=C(NO)c1cc(F)c(Cn2nnc(Cc3ccccn3)n2)c(F)c1.O=C(O)C(F)(F)F. The Bertz CT molecular complexity index is 1070. The van der Waals surface area contributed by atoms with E-state index in [4.69, 9.17) is 15.1 Å². The highest BCUT2D eigenvalue weighted by Gasteiger charge is 2.38. The van der Waals surface area contributed by atoms with Gasteiger partial charge in [0.25, 0.3) is 5.91 Å². The Morgan fingerprint density at radius 2 is 1.75 bits per heavy atom. The second-order valence-corrected chi connectivity index (χ2v) is 5.90. The van der Waals surface area contributed by atoms with E-state index in [-0.39, 0.29) is 17.7 Å². The highest BCUT2D eigenvalue weighted by Crippen LogP contribution is 2.16. The number of benzene rings is 1. The van der Waals surface area contributed by atoms with Crippen molar-refractivity contribution >= 4 is 11.9 Å². The van der Waals surface area contributed by atoms with Gasteiger partial charge in [-0.25, -0.2) is 19.1 Å². The van der Waals surface area contributed by atoms with Gasteiger partial charge >= 0.3 is 12.1 Å². The summed E-state index contributed by atoms with van der Waals surface area (Å²) in [5.74, 6) is -5.33. The van der Waals surface area contributed by atoms with Crippen LogP contribution in [0.3, 0.4) is 0 Å². The van der Waals surface area contributed by atoms with E-state index in [1.54, 1.807) is 18.3 Å². The van der Waals surface area contributed by atoms with E-state index in [2.05, 4.69) is 20.4 Å². The molecule has 170 valence electrons. The number of carbonyl (C=O) groups is 2. The molecule has 0 spiro atoms. The lowest BCUT2D eigenvalue weighted by molar-refractivity contribution is -0.192. The molecule has 0 bridgehead atoms. The molecule has 0 saturated heterocycles. The zero-order valence-electron chi connectivity index (χ0n) is 15.7. The summed E-state index contributed by atoms with van der Waals surface area (Å²) in [6.07, 6.45) is -3.12. The Morgan fingerprint density at radius 3 is 2.25 bits per heavy atom. The van der Waals surface area contributed by atoms with Gasteiger partial charge in [-0.3, -0.25) is 15.0 Å². The van der Waals surface area contributed by atoms with Gasteiger partial charge < -0.3 is 5.11 Å². The molecule has 2 heterocycles. The fraction of sp³-hybridized carbons (Fsp3) is 0.176. The van der Waals surface area contributed by atoms with Crippen molar-refractivity contribution in [3.05, 3.63) is 70.8 Å². The highest BCUT2D eigenvalue weighted by molar-refractivity contribution is 5.93. The van der Waals surface area contributed by atoms with Gasteiger partial charge in [0, 0.05) is 23.0 Å². The Kier molecular flexibility index (Phi) is 7.84. The number of hydrogen-bond donors (Lipinski definition) is 3. The molecule has 3 N–H and O–H groups in total. The summed E-state index contributed by atoms with van der Waals surface area (Å²) in [6.45, 7) is -0.298. The summed E-state index contributed by atoms with van der Waals surface area (Å²) in [7, 11) is 0. The van der Waals surface area contributed by atoms with Crippen LogP contribution >= 0.6 is 0 Å². The number of aliphatic carboxylic acids is 1. The fourth-order valence-corrected chi connectivity index (χ4v) is 2.17. The van der Waals surface area contributed by atoms with Crippen LogP contribution < -0.4 is 5.48 Å². The zero-order valence-corrected chi connectivity index (χ0v) is 15.7. The van der Waals surface area contributed by atoms with Gasteiger partial charge in [-0.1, -0.05) is 6.07 Å². The van der Waals surface area contributed by atoms with Crippen LogP contribution in [0.4, 0.5) is 22.0 Å². The molecule has 0 aliphatic carbocycles. The van der Waals surface area contributed by atoms with Crippen molar-refractivity contribution in [3.8, 4) is 0 Å². The third-order valence-corrected chi connectivity index (χ3v) is 3.61. The third-order valence-electron chi connectivity index (χ3n) is 3.61. The number of nitrogens with one attached hydrogen (secondary N) is 1. The molecule has 0 aliphatic heterocycles. The van der Waals surface area contributed by atoms with E-state index in [1.807, 2.05) is 6.07 Å². The molecule has 15 heteroatoms. The lowest BCUT2D eigenvalue weighted by Gasteiger charge is -2.06. The third kappa shape index (κ3) is 6.76. The van der Waals surface area contributed by atoms with Crippen LogP contribution in [0.1, 0.15) is 27.4 Å². The van der Waals surface area contributed by atoms with Crippen LogP contribution in [0.2, 0.25) is 0 Å². The number of tetrazole rings is 1. The summed E-state index contributed by atoms with van der Waals surface area (Å²) in [5, 5.41) is 27.3. The van der Waals surface area contributed by atoms with E-state index >= 15 is 0 Å². The summed E-state index contributed by atoms with van der Waals surface area (Å²) >= 11 is 0. The number of pyridine rings is 1. The average molecular weight is 460 g/mol. The average Bonchev–Trinajstić information content (AvgIpc) is 3.17. The molecule has 10 nitrogen and oxygen atoms in total.